The second kappa shape index (κ2) is 6.32. The number of fused-ring (bicyclic) bond motifs is 2. The summed E-state index contributed by atoms with van der Waals surface area (Å²) in [5.41, 5.74) is 0.990. The van der Waals surface area contributed by atoms with Gasteiger partial charge in [-0.15, -0.1) is 0 Å². The molecule has 4 rings (SSSR count). The van der Waals surface area contributed by atoms with Crippen molar-refractivity contribution in [2.45, 2.75) is 37.9 Å². The Morgan fingerprint density at radius 3 is 2.75 bits per heavy atom. The minimum absolute atomic E-state index is 0.0470. The molecule has 2 unspecified atom stereocenters. The van der Waals surface area contributed by atoms with Gasteiger partial charge in [0.15, 0.2) is 6.04 Å². The molecule has 2 aliphatic rings. The van der Waals surface area contributed by atoms with Crippen LogP contribution < -0.4 is 10.2 Å². The summed E-state index contributed by atoms with van der Waals surface area (Å²) in [6, 6.07) is 3.33. The number of nitrogens with zero attached hydrogens (tertiary/aromatic N) is 3. The maximum atomic E-state index is 13.5. The largest absolute Gasteiger partial charge is 0.410 e. The van der Waals surface area contributed by atoms with Gasteiger partial charge in [-0.2, -0.15) is 18.3 Å². The molecule has 3 heterocycles. The number of halogens is 4. The van der Waals surface area contributed by atoms with E-state index in [4.69, 9.17) is 0 Å². The number of carbonyl (C=O) groups is 2. The van der Waals surface area contributed by atoms with Gasteiger partial charge in [0.25, 0.3) is 0 Å². The fourth-order valence-electron chi connectivity index (χ4n) is 3.79. The van der Waals surface area contributed by atoms with Crippen molar-refractivity contribution < 1.29 is 27.2 Å². The fourth-order valence-corrected chi connectivity index (χ4v) is 3.79. The van der Waals surface area contributed by atoms with Crippen LogP contribution in [0.4, 0.5) is 29.1 Å². The quantitative estimate of drug-likeness (QED) is 0.753. The maximum Gasteiger partial charge on any atom is 0.410 e. The number of nitrogens with one attached hydrogen (secondary N) is 1. The highest BCUT2D eigenvalue weighted by Crippen LogP contribution is 2.41. The molecule has 148 valence electrons. The van der Waals surface area contributed by atoms with Crippen LogP contribution in [0.1, 0.15) is 36.1 Å². The average Bonchev–Trinajstić information content (AvgIpc) is 2.99. The summed E-state index contributed by atoms with van der Waals surface area (Å²) in [7, 11) is 0. The van der Waals surface area contributed by atoms with E-state index in [2.05, 4.69) is 10.4 Å². The minimum atomic E-state index is -4.49. The van der Waals surface area contributed by atoms with Crippen LogP contribution in [0, 0.1) is 12.7 Å². The molecule has 0 radical (unpaired) electrons. The van der Waals surface area contributed by atoms with Gasteiger partial charge in [0.05, 0.1) is 11.6 Å². The molecule has 0 saturated carbocycles. The molecule has 0 saturated heterocycles. The van der Waals surface area contributed by atoms with Crippen LogP contribution in [0.25, 0.3) is 0 Å². The summed E-state index contributed by atoms with van der Waals surface area (Å²) < 4.78 is 54.4. The first-order chi connectivity index (χ1) is 13.1. The van der Waals surface area contributed by atoms with Crippen molar-refractivity contribution in [3.05, 3.63) is 41.3 Å². The first kappa shape index (κ1) is 18.5. The monoisotopic (exact) mass is 396 g/mol. The average molecular weight is 396 g/mol. The Hall–Kier alpha value is -2.91. The van der Waals surface area contributed by atoms with Crippen LogP contribution in [0.5, 0.6) is 0 Å². The normalized spacial score (nSPS) is 21.8. The molecule has 0 fully saturated rings. The van der Waals surface area contributed by atoms with Crippen molar-refractivity contribution in [1.29, 1.82) is 0 Å². The third kappa shape index (κ3) is 3.02. The van der Waals surface area contributed by atoms with Crippen molar-refractivity contribution in [3.8, 4) is 0 Å². The molecule has 1 aromatic carbocycles. The zero-order valence-electron chi connectivity index (χ0n) is 14.8. The highest BCUT2D eigenvalue weighted by atomic mass is 19.4. The lowest BCUT2D eigenvalue weighted by atomic mass is 9.89. The first-order valence-electron chi connectivity index (χ1n) is 8.68. The molecule has 10 heteroatoms. The summed E-state index contributed by atoms with van der Waals surface area (Å²) >= 11 is 0. The number of anilines is 2. The molecule has 2 atom stereocenters. The van der Waals surface area contributed by atoms with Gasteiger partial charge in [-0.25, -0.2) is 9.07 Å². The van der Waals surface area contributed by atoms with E-state index in [1.807, 2.05) is 0 Å². The van der Waals surface area contributed by atoms with E-state index in [-0.39, 0.29) is 30.9 Å². The van der Waals surface area contributed by atoms with Crippen molar-refractivity contribution in [3.63, 3.8) is 0 Å². The standard InChI is InChI=1S/C18H16F4N4O2/c1-9-6-16-25(5-4-14(18(20,21)22)26(16)24-9)17(28)12-8-15(27)23-13-7-10(19)2-3-11(12)13/h2-3,6-7,12,14H,4-5,8H2,1H3,(H,23,27). The second-order valence-corrected chi connectivity index (χ2v) is 6.96. The Balaban J connectivity index is 1.72. The molecule has 0 spiro atoms. The fraction of sp³-hybridized carbons (Fsp3) is 0.389. The number of benzene rings is 1. The summed E-state index contributed by atoms with van der Waals surface area (Å²) in [6.07, 6.45) is -4.99. The predicted octanol–water partition coefficient (Wildman–Crippen LogP) is 3.30. The van der Waals surface area contributed by atoms with Gasteiger partial charge < -0.3 is 5.32 Å². The molecule has 2 aromatic rings. The number of amides is 2. The van der Waals surface area contributed by atoms with Crippen LogP contribution in [-0.4, -0.2) is 34.3 Å². The zero-order chi connectivity index (χ0) is 20.2. The topological polar surface area (TPSA) is 67.2 Å². The maximum absolute atomic E-state index is 13.5. The Kier molecular flexibility index (Phi) is 4.16. The van der Waals surface area contributed by atoms with Gasteiger partial charge in [0, 0.05) is 24.7 Å². The minimum Gasteiger partial charge on any atom is -0.326 e. The van der Waals surface area contributed by atoms with Gasteiger partial charge in [-0.3, -0.25) is 14.5 Å². The van der Waals surface area contributed by atoms with Gasteiger partial charge in [0.2, 0.25) is 11.8 Å². The summed E-state index contributed by atoms with van der Waals surface area (Å²) in [6.45, 7) is 1.40. The highest BCUT2D eigenvalue weighted by Gasteiger charge is 2.47. The molecule has 1 N–H and O–H groups in total. The van der Waals surface area contributed by atoms with Gasteiger partial charge in [-0.1, -0.05) is 6.07 Å². The molecule has 2 aliphatic heterocycles. The van der Waals surface area contributed by atoms with E-state index in [9.17, 15) is 27.2 Å². The van der Waals surface area contributed by atoms with E-state index in [1.165, 1.54) is 23.1 Å². The third-order valence-corrected chi connectivity index (χ3v) is 5.03. The van der Waals surface area contributed by atoms with Crippen LogP contribution in [-0.2, 0) is 9.59 Å². The van der Waals surface area contributed by atoms with Crippen LogP contribution >= 0.6 is 0 Å². The third-order valence-electron chi connectivity index (χ3n) is 5.03. The number of rotatable bonds is 1. The highest BCUT2D eigenvalue weighted by molar-refractivity contribution is 6.06. The smallest absolute Gasteiger partial charge is 0.326 e. The van der Waals surface area contributed by atoms with E-state index >= 15 is 0 Å². The molecule has 0 bridgehead atoms. The van der Waals surface area contributed by atoms with Crippen molar-refractivity contribution in [2.75, 3.05) is 16.8 Å². The molecular formula is C18H16F4N4O2. The molecular weight excluding hydrogens is 380 g/mol. The van der Waals surface area contributed by atoms with Gasteiger partial charge in [-0.05, 0) is 31.0 Å². The number of aryl methyl sites for hydroxylation is 1. The zero-order valence-corrected chi connectivity index (χ0v) is 14.8. The summed E-state index contributed by atoms with van der Waals surface area (Å²) in [4.78, 5) is 26.4. The van der Waals surface area contributed by atoms with Crippen molar-refractivity contribution in [2.24, 2.45) is 0 Å². The molecule has 28 heavy (non-hydrogen) atoms. The number of hydrogen-bond acceptors (Lipinski definition) is 3. The number of hydrogen-bond donors (Lipinski definition) is 1. The Labute approximate surface area is 157 Å². The molecule has 6 nitrogen and oxygen atoms in total. The van der Waals surface area contributed by atoms with Crippen molar-refractivity contribution in [1.82, 2.24) is 9.78 Å². The van der Waals surface area contributed by atoms with Gasteiger partial charge in [0.1, 0.15) is 11.6 Å². The molecule has 2 amide bonds. The lowest BCUT2D eigenvalue weighted by Gasteiger charge is -2.36. The van der Waals surface area contributed by atoms with Crippen molar-refractivity contribution >= 4 is 23.3 Å². The lowest BCUT2D eigenvalue weighted by Crippen LogP contribution is -2.46. The molecule has 0 aliphatic carbocycles. The van der Waals surface area contributed by atoms with E-state index in [0.29, 0.717) is 11.3 Å². The van der Waals surface area contributed by atoms with Crippen LogP contribution in [0.3, 0.4) is 0 Å². The summed E-state index contributed by atoms with van der Waals surface area (Å²) in [5, 5.41) is 6.44. The summed E-state index contributed by atoms with van der Waals surface area (Å²) in [5.74, 6) is -2.39. The van der Waals surface area contributed by atoms with E-state index in [1.54, 1.807) is 6.92 Å². The number of carbonyl (C=O) groups excluding carboxylic acids is 2. The van der Waals surface area contributed by atoms with Crippen LogP contribution in [0.2, 0.25) is 0 Å². The van der Waals surface area contributed by atoms with E-state index in [0.717, 1.165) is 10.7 Å². The van der Waals surface area contributed by atoms with Crippen LogP contribution in [0.15, 0.2) is 24.3 Å². The lowest BCUT2D eigenvalue weighted by molar-refractivity contribution is -0.173. The predicted molar refractivity (Wildman–Crippen MR) is 91.4 cm³/mol. The number of alkyl halides is 3. The molecule has 1 aromatic heterocycles. The SMILES string of the molecule is Cc1cc2n(n1)C(C(F)(F)F)CCN2C(=O)C1CC(=O)Nc2cc(F)ccc21. The number of aromatic nitrogens is 2. The second-order valence-electron chi connectivity index (χ2n) is 6.96. The van der Waals surface area contributed by atoms with E-state index < -0.39 is 35.8 Å². The Morgan fingerprint density at radius 1 is 1.29 bits per heavy atom. The first-order valence-corrected chi connectivity index (χ1v) is 8.68. The Morgan fingerprint density at radius 2 is 2.04 bits per heavy atom. The Bertz CT molecular complexity index is 969. The van der Waals surface area contributed by atoms with Gasteiger partial charge >= 0.3 is 6.18 Å².